The first-order chi connectivity index (χ1) is 13.0. The Morgan fingerprint density at radius 2 is 1.78 bits per heavy atom. The largest absolute Gasteiger partial charge is 0.497 e. The molecule has 0 saturated carbocycles. The monoisotopic (exact) mass is 371 g/mol. The Kier molecular flexibility index (Phi) is 7.18. The molecular formula is C19H21N3O5. The van der Waals surface area contributed by atoms with Gasteiger partial charge in [0.2, 0.25) is 0 Å². The quantitative estimate of drug-likeness (QED) is 0.319. The van der Waals surface area contributed by atoms with Gasteiger partial charge in [0.25, 0.3) is 5.91 Å². The molecule has 142 valence electrons. The number of anilines is 1. The molecule has 2 rings (SSSR count). The Labute approximate surface area is 157 Å². The van der Waals surface area contributed by atoms with Gasteiger partial charge in [-0.3, -0.25) is 9.59 Å². The number of nitrogens with zero attached hydrogens (tertiary/aromatic N) is 1. The average molecular weight is 371 g/mol. The lowest BCUT2D eigenvalue weighted by Gasteiger charge is -2.08. The van der Waals surface area contributed by atoms with Crippen LogP contribution in [0.2, 0.25) is 0 Å². The van der Waals surface area contributed by atoms with Crippen LogP contribution < -0.4 is 25.0 Å². The first-order valence-electron chi connectivity index (χ1n) is 8.08. The smallest absolute Gasteiger partial charge is 0.308 e. The number of benzene rings is 2. The zero-order valence-corrected chi connectivity index (χ0v) is 15.3. The van der Waals surface area contributed by atoms with Crippen LogP contribution in [0.3, 0.4) is 0 Å². The van der Waals surface area contributed by atoms with Crippen LogP contribution in [0.4, 0.5) is 5.69 Å². The molecule has 1 amide bonds. The Bertz CT molecular complexity index is 819. The third kappa shape index (κ3) is 6.35. The number of hydrogen-bond donors (Lipinski definition) is 2. The van der Waals surface area contributed by atoms with Crippen LogP contribution in [0.25, 0.3) is 0 Å². The van der Waals surface area contributed by atoms with E-state index in [0.717, 1.165) is 11.4 Å². The molecule has 0 unspecified atom stereocenters. The molecule has 0 saturated heterocycles. The number of esters is 1. The molecule has 0 aliphatic carbocycles. The minimum Gasteiger partial charge on any atom is -0.497 e. The predicted octanol–water partition coefficient (Wildman–Crippen LogP) is 2.19. The summed E-state index contributed by atoms with van der Waals surface area (Å²) >= 11 is 0. The number of ether oxygens (including phenoxy) is 3. The molecule has 8 heteroatoms. The lowest BCUT2D eigenvalue weighted by molar-refractivity contribution is -0.132. The summed E-state index contributed by atoms with van der Waals surface area (Å²) in [5.74, 6) is 0.707. The number of nitrogens with one attached hydrogen (secondary N) is 2. The van der Waals surface area contributed by atoms with Crippen LogP contribution in [-0.2, 0) is 9.59 Å². The van der Waals surface area contributed by atoms with Gasteiger partial charge in [-0.05, 0) is 48.0 Å². The number of rotatable bonds is 8. The highest BCUT2D eigenvalue weighted by Gasteiger charge is 2.07. The molecule has 0 aromatic heterocycles. The van der Waals surface area contributed by atoms with Crippen molar-refractivity contribution in [2.45, 2.75) is 6.92 Å². The van der Waals surface area contributed by atoms with Gasteiger partial charge in [-0.1, -0.05) is 0 Å². The van der Waals surface area contributed by atoms with Crippen LogP contribution in [0, 0.1) is 0 Å². The fourth-order valence-electron chi connectivity index (χ4n) is 2.11. The van der Waals surface area contributed by atoms with Gasteiger partial charge in [-0.15, -0.1) is 0 Å². The number of carbonyl (C=O) groups excluding carboxylic acids is 2. The molecule has 27 heavy (non-hydrogen) atoms. The minimum atomic E-state index is -0.439. The number of methoxy groups -OCH3 is 2. The van der Waals surface area contributed by atoms with Crippen molar-refractivity contribution in [3.63, 3.8) is 0 Å². The van der Waals surface area contributed by atoms with Crippen molar-refractivity contribution in [1.82, 2.24) is 5.43 Å². The molecule has 2 aromatic carbocycles. The van der Waals surface area contributed by atoms with E-state index in [1.54, 1.807) is 37.4 Å². The highest BCUT2D eigenvalue weighted by atomic mass is 16.6. The van der Waals surface area contributed by atoms with Crippen LogP contribution in [-0.4, -0.2) is 38.9 Å². The van der Waals surface area contributed by atoms with Crippen LogP contribution in [0.1, 0.15) is 12.5 Å². The fourth-order valence-corrected chi connectivity index (χ4v) is 2.11. The number of hydrogen-bond acceptors (Lipinski definition) is 7. The second kappa shape index (κ2) is 9.81. The first-order valence-corrected chi connectivity index (χ1v) is 8.08. The van der Waals surface area contributed by atoms with Gasteiger partial charge >= 0.3 is 5.97 Å². The minimum absolute atomic E-state index is 0.0678. The maximum Gasteiger partial charge on any atom is 0.308 e. The standard InChI is InChI=1S/C19H21N3O5/c1-13(23)27-17-9-4-14(10-18(17)26-3)11-21-22-19(24)12-20-15-5-7-16(25-2)8-6-15/h4-11,20H,12H2,1-3H3,(H,22,24)/b21-11+. The van der Waals surface area contributed by atoms with Gasteiger partial charge in [0.1, 0.15) is 5.75 Å². The van der Waals surface area contributed by atoms with Gasteiger partial charge in [0.15, 0.2) is 11.5 Å². The molecule has 0 fully saturated rings. The first kappa shape index (κ1) is 19.8. The second-order valence-electron chi connectivity index (χ2n) is 5.38. The Balaban J connectivity index is 1.86. The molecule has 2 aromatic rings. The molecule has 0 heterocycles. The van der Waals surface area contributed by atoms with Crippen molar-refractivity contribution in [1.29, 1.82) is 0 Å². The van der Waals surface area contributed by atoms with E-state index in [9.17, 15) is 9.59 Å². The zero-order valence-electron chi connectivity index (χ0n) is 15.3. The number of amides is 1. The zero-order chi connectivity index (χ0) is 19.6. The summed E-state index contributed by atoms with van der Waals surface area (Å²) in [4.78, 5) is 22.9. The topological polar surface area (TPSA) is 98.3 Å². The molecular weight excluding hydrogens is 350 g/mol. The highest BCUT2D eigenvalue weighted by Crippen LogP contribution is 2.27. The van der Waals surface area contributed by atoms with Gasteiger partial charge in [0, 0.05) is 12.6 Å². The fraction of sp³-hybridized carbons (Fsp3) is 0.211. The number of hydrazone groups is 1. The van der Waals surface area contributed by atoms with Gasteiger partial charge in [-0.2, -0.15) is 5.10 Å². The SMILES string of the molecule is COc1ccc(NCC(=O)N/N=C/c2ccc(OC(C)=O)c(OC)c2)cc1. The molecule has 0 aliphatic rings. The summed E-state index contributed by atoms with van der Waals surface area (Å²) in [6.45, 7) is 1.38. The average Bonchev–Trinajstić information content (AvgIpc) is 2.67. The molecule has 0 aliphatic heterocycles. The van der Waals surface area contributed by atoms with E-state index in [1.807, 2.05) is 12.1 Å². The predicted molar refractivity (Wildman–Crippen MR) is 102 cm³/mol. The Morgan fingerprint density at radius 1 is 1.04 bits per heavy atom. The molecule has 0 atom stereocenters. The van der Waals surface area contributed by atoms with E-state index < -0.39 is 5.97 Å². The van der Waals surface area contributed by atoms with Crippen LogP contribution in [0.15, 0.2) is 47.6 Å². The van der Waals surface area contributed by atoms with Gasteiger partial charge < -0.3 is 19.5 Å². The van der Waals surface area contributed by atoms with E-state index in [-0.39, 0.29) is 12.5 Å². The van der Waals surface area contributed by atoms with E-state index in [4.69, 9.17) is 14.2 Å². The summed E-state index contributed by atoms with van der Waals surface area (Å²) in [5, 5.41) is 6.88. The van der Waals surface area contributed by atoms with Crippen molar-refractivity contribution in [3.8, 4) is 17.2 Å². The summed E-state index contributed by atoms with van der Waals surface area (Å²) < 4.78 is 15.3. The third-order valence-corrected chi connectivity index (χ3v) is 3.39. The molecule has 0 spiro atoms. The summed E-state index contributed by atoms with van der Waals surface area (Å²) in [6.07, 6.45) is 1.46. The van der Waals surface area contributed by atoms with Crippen molar-refractivity contribution < 1.29 is 23.8 Å². The normalized spacial score (nSPS) is 10.3. The van der Waals surface area contributed by atoms with Crippen molar-refractivity contribution in [2.75, 3.05) is 26.1 Å². The highest BCUT2D eigenvalue weighted by molar-refractivity contribution is 5.85. The maximum absolute atomic E-state index is 11.8. The van der Waals surface area contributed by atoms with Crippen molar-refractivity contribution >= 4 is 23.8 Å². The lowest BCUT2D eigenvalue weighted by Crippen LogP contribution is -2.25. The van der Waals surface area contributed by atoms with Crippen LogP contribution in [0.5, 0.6) is 17.2 Å². The summed E-state index contributed by atoms with van der Waals surface area (Å²) in [5.41, 5.74) is 3.89. The molecule has 0 bridgehead atoms. The molecule has 2 N–H and O–H groups in total. The molecule has 8 nitrogen and oxygen atoms in total. The van der Waals surface area contributed by atoms with Gasteiger partial charge in [0.05, 0.1) is 27.0 Å². The molecule has 0 radical (unpaired) electrons. The third-order valence-electron chi connectivity index (χ3n) is 3.39. The van der Waals surface area contributed by atoms with Crippen molar-refractivity contribution in [3.05, 3.63) is 48.0 Å². The summed E-state index contributed by atoms with van der Waals surface area (Å²) in [7, 11) is 3.06. The van der Waals surface area contributed by atoms with Crippen LogP contribution >= 0.6 is 0 Å². The van der Waals surface area contributed by atoms with Crippen molar-refractivity contribution in [2.24, 2.45) is 5.10 Å². The van der Waals surface area contributed by atoms with E-state index >= 15 is 0 Å². The van der Waals surface area contributed by atoms with Gasteiger partial charge in [-0.25, -0.2) is 5.43 Å². The Hall–Kier alpha value is -3.55. The Morgan fingerprint density at radius 3 is 2.41 bits per heavy atom. The van der Waals surface area contributed by atoms with E-state index in [1.165, 1.54) is 20.2 Å². The lowest BCUT2D eigenvalue weighted by atomic mass is 10.2. The second-order valence-corrected chi connectivity index (χ2v) is 5.38. The summed E-state index contributed by atoms with van der Waals surface area (Å²) in [6, 6.07) is 12.1. The maximum atomic E-state index is 11.8. The number of carbonyl (C=O) groups is 2. The van der Waals surface area contributed by atoms with E-state index in [0.29, 0.717) is 17.1 Å². The van der Waals surface area contributed by atoms with E-state index in [2.05, 4.69) is 15.8 Å².